The molecule has 7 heteroatoms. The average Bonchev–Trinajstić information content (AvgIpc) is 3.17. The van der Waals surface area contributed by atoms with E-state index in [2.05, 4.69) is 61.5 Å². The summed E-state index contributed by atoms with van der Waals surface area (Å²) >= 11 is 0. The fourth-order valence-electron chi connectivity index (χ4n) is 2.88. The van der Waals surface area contributed by atoms with Crippen LogP contribution in [-0.4, -0.2) is 36.5 Å². The van der Waals surface area contributed by atoms with Gasteiger partial charge in [0.15, 0.2) is 17.0 Å². The first-order valence-corrected chi connectivity index (χ1v) is 7.58. The molecule has 0 fully saturated rings. The standard InChI is InChI=1S/C16H17N7/c1-3-23(9-11-8-17-13-7-5-4-6-12(11)13)16-14-15(18-10-19-16)22(2)21-20-14/h4-8,10,17H,3,9H2,1-2H3. The number of nitrogens with zero attached hydrogens (tertiary/aromatic N) is 6. The summed E-state index contributed by atoms with van der Waals surface area (Å²) in [7, 11) is 1.84. The Labute approximate surface area is 133 Å². The minimum Gasteiger partial charge on any atom is -0.361 e. The highest BCUT2D eigenvalue weighted by Gasteiger charge is 2.16. The Morgan fingerprint density at radius 2 is 2.09 bits per heavy atom. The molecule has 116 valence electrons. The van der Waals surface area contributed by atoms with E-state index in [0.717, 1.165) is 35.6 Å². The van der Waals surface area contributed by atoms with Crippen molar-refractivity contribution in [3.05, 3.63) is 42.4 Å². The third kappa shape index (κ3) is 2.21. The maximum absolute atomic E-state index is 4.44. The maximum atomic E-state index is 4.44. The van der Waals surface area contributed by atoms with Gasteiger partial charge < -0.3 is 9.88 Å². The Hall–Kier alpha value is -2.96. The number of nitrogens with one attached hydrogen (secondary N) is 1. The highest BCUT2D eigenvalue weighted by Crippen LogP contribution is 2.24. The van der Waals surface area contributed by atoms with Gasteiger partial charge in [0, 0.05) is 37.2 Å². The van der Waals surface area contributed by atoms with Gasteiger partial charge in [-0.3, -0.25) is 0 Å². The van der Waals surface area contributed by atoms with Crippen LogP contribution in [0.25, 0.3) is 22.1 Å². The van der Waals surface area contributed by atoms with Crippen LogP contribution in [0, 0.1) is 0 Å². The summed E-state index contributed by atoms with van der Waals surface area (Å²) in [5.74, 6) is 0.816. The van der Waals surface area contributed by atoms with Gasteiger partial charge >= 0.3 is 0 Å². The minimum atomic E-state index is 0.733. The van der Waals surface area contributed by atoms with Crippen molar-refractivity contribution < 1.29 is 0 Å². The Kier molecular flexibility index (Phi) is 3.18. The zero-order valence-corrected chi connectivity index (χ0v) is 13.1. The molecule has 3 heterocycles. The number of para-hydroxylation sites is 1. The summed E-state index contributed by atoms with van der Waals surface area (Å²) in [6.07, 6.45) is 3.63. The largest absolute Gasteiger partial charge is 0.361 e. The van der Waals surface area contributed by atoms with Gasteiger partial charge in [0.1, 0.15) is 6.33 Å². The molecule has 0 spiro atoms. The normalized spacial score (nSPS) is 11.4. The third-order valence-electron chi connectivity index (χ3n) is 4.09. The van der Waals surface area contributed by atoms with Crippen LogP contribution >= 0.6 is 0 Å². The number of anilines is 1. The van der Waals surface area contributed by atoms with E-state index < -0.39 is 0 Å². The number of benzene rings is 1. The number of aromatic amines is 1. The first-order valence-electron chi connectivity index (χ1n) is 7.58. The molecule has 0 bridgehead atoms. The Balaban J connectivity index is 1.76. The smallest absolute Gasteiger partial charge is 0.183 e. The molecule has 7 nitrogen and oxygen atoms in total. The summed E-state index contributed by atoms with van der Waals surface area (Å²) in [6, 6.07) is 8.31. The van der Waals surface area contributed by atoms with Crippen molar-refractivity contribution in [1.29, 1.82) is 0 Å². The summed E-state index contributed by atoms with van der Waals surface area (Å²) in [5.41, 5.74) is 3.85. The van der Waals surface area contributed by atoms with Crippen LogP contribution in [0.5, 0.6) is 0 Å². The molecule has 0 unspecified atom stereocenters. The lowest BCUT2D eigenvalue weighted by molar-refractivity contribution is 0.729. The number of H-pyrrole nitrogens is 1. The molecule has 1 N–H and O–H groups in total. The van der Waals surface area contributed by atoms with Gasteiger partial charge in [-0.15, -0.1) is 5.10 Å². The molecule has 4 aromatic rings. The van der Waals surface area contributed by atoms with Gasteiger partial charge in [0.2, 0.25) is 0 Å². The zero-order valence-electron chi connectivity index (χ0n) is 13.1. The lowest BCUT2D eigenvalue weighted by Gasteiger charge is -2.21. The van der Waals surface area contributed by atoms with Crippen molar-refractivity contribution >= 4 is 27.9 Å². The highest BCUT2D eigenvalue weighted by atomic mass is 15.4. The Morgan fingerprint density at radius 1 is 1.22 bits per heavy atom. The molecular weight excluding hydrogens is 290 g/mol. The summed E-state index contributed by atoms with van der Waals surface area (Å²) in [5, 5.41) is 9.50. The van der Waals surface area contributed by atoms with Gasteiger partial charge in [-0.05, 0) is 18.6 Å². The van der Waals surface area contributed by atoms with E-state index in [1.807, 2.05) is 13.1 Å². The molecule has 0 radical (unpaired) electrons. The molecule has 0 aliphatic heterocycles. The van der Waals surface area contributed by atoms with Crippen LogP contribution in [0.4, 0.5) is 5.82 Å². The second-order valence-corrected chi connectivity index (χ2v) is 5.46. The van der Waals surface area contributed by atoms with Gasteiger partial charge in [-0.1, -0.05) is 23.4 Å². The molecule has 0 saturated heterocycles. The average molecular weight is 307 g/mol. The molecule has 0 aliphatic carbocycles. The first-order chi connectivity index (χ1) is 11.3. The van der Waals surface area contributed by atoms with E-state index in [1.165, 1.54) is 10.9 Å². The Bertz CT molecular complexity index is 969. The molecule has 3 aromatic heterocycles. The summed E-state index contributed by atoms with van der Waals surface area (Å²) < 4.78 is 1.67. The minimum absolute atomic E-state index is 0.733. The van der Waals surface area contributed by atoms with E-state index in [9.17, 15) is 0 Å². The van der Waals surface area contributed by atoms with Crippen molar-refractivity contribution in [2.24, 2.45) is 7.05 Å². The molecule has 0 saturated carbocycles. The van der Waals surface area contributed by atoms with Crippen LogP contribution in [0.15, 0.2) is 36.8 Å². The maximum Gasteiger partial charge on any atom is 0.183 e. The van der Waals surface area contributed by atoms with Crippen molar-refractivity contribution in [2.75, 3.05) is 11.4 Å². The van der Waals surface area contributed by atoms with Crippen LogP contribution in [0.3, 0.4) is 0 Å². The first kappa shape index (κ1) is 13.7. The molecule has 0 atom stereocenters. The fourth-order valence-corrected chi connectivity index (χ4v) is 2.88. The van der Waals surface area contributed by atoms with Crippen LogP contribution in [0.1, 0.15) is 12.5 Å². The molecule has 23 heavy (non-hydrogen) atoms. The number of hydrogen-bond acceptors (Lipinski definition) is 5. The highest BCUT2D eigenvalue weighted by molar-refractivity contribution is 5.85. The molecule has 0 amide bonds. The van der Waals surface area contributed by atoms with E-state index >= 15 is 0 Å². The number of rotatable bonds is 4. The molecule has 1 aromatic carbocycles. The second kappa shape index (κ2) is 5.35. The lowest BCUT2D eigenvalue weighted by atomic mass is 10.1. The van der Waals surface area contributed by atoms with Crippen LogP contribution in [-0.2, 0) is 13.6 Å². The number of aromatic nitrogens is 6. The van der Waals surface area contributed by atoms with E-state index in [4.69, 9.17) is 0 Å². The SMILES string of the molecule is CCN(Cc1c[nH]c2ccccc12)c1ncnc2c1nnn2C. The van der Waals surface area contributed by atoms with Crippen LogP contribution < -0.4 is 4.90 Å². The van der Waals surface area contributed by atoms with Gasteiger partial charge in [-0.2, -0.15) is 0 Å². The second-order valence-electron chi connectivity index (χ2n) is 5.46. The van der Waals surface area contributed by atoms with Crippen molar-refractivity contribution in [3.63, 3.8) is 0 Å². The van der Waals surface area contributed by atoms with Gasteiger partial charge in [0.25, 0.3) is 0 Å². The van der Waals surface area contributed by atoms with E-state index in [-0.39, 0.29) is 0 Å². The molecule has 0 aliphatic rings. The third-order valence-corrected chi connectivity index (χ3v) is 4.09. The lowest BCUT2D eigenvalue weighted by Crippen LogP contribution is -2.23. The van der Waals surface area contributed by atoms with Gasteiger partial charge in [0.05, 0.1) is 0 Å². The van der Waals surface area contributed by atoms with Crippen molar-refractivity contribution in [2.45, 2.75) is 13.5 Å². The predicted octanol–water partition coefficient (Wildman–Crippen LogP) is 2.27. The van der Waals surface area contributed by atoms with Crippen molar-refractivity contribution in [1.82, 2.24) is 29.9 Å². The van der Waals surface area contributed by atoms with Crippen LogP contribution in [0.2, 0.25) is 0 Å². The summed E-state index contributed by atoms with van der Waals surface area (Å²) in [6.45, 7) is 3.69. The Morgan fingerprint density at radius 3 is 2.96 bits per heavy atom. The fraction of sp³-hybridized carbons (Fsp3) is 0.250. The summed E-state index contributed by atoms with van der Waals surface area (Å²) in [4.78, 5) is 14.2. The predicted molar refractivity (Wildman–Crippen MR) is 89.1 cm³/mol. The van der Waals surface area contributed by atoms with E-state index in [0.29, 0.717) is 0 Å². The monoisotopic (exact) mass is 307 g/mol. The molecular formula is C16H17N7. The quantitative estimate of drug-likeness (QED) is 0.626. The number of fused-ring (bicyclic) bond motifs is 2. The number of aryl methyl sites for hydroxylation is 1. The van der Waals surface area contributed by atoms with Crippen molar-refractivity contribution in [3.8, 4) is 0 Å². The number of hydrogen-bond donors (Lipinski definition) is 1. The molecule has 4 rings (SSSR count). The van der Waals surface area contributed by atoms with Gasteiger partial charge in [-0.25, -0.2) is 14.6 Å². The topological polar surface area (TPSA) is 75.5 Å². The zero-order chi connectivity index (χ0) is 15.8. The van der Waals surface area contributed by atoms with E-state index in [1.54, 1.807) is 11.0 Å².